The van der Waals surface area contributed by atoms with E-state index in [0.29, 0.717) is 23.1 Å². The van der Waals surface area contributed by atoms with Crippen molar-refractivity contribution in [1.82, 2.24) is 19.8 Å². The van der Waals surface area contributed by atoms with Crippen LogP contribution in [-0.2, 0) is 16.6 Å². The topological polar surface area (TPSA) is 85.1 Å². The highest BCUT2D eigenvalue weighted by Gasteiger charge is 2.37. The zero-order chi connectivity index (χ0) is 19.3. The zero-order valence-electron chi connectivity index (χ0n) is 14.6. The second-order valence-electron chi connectivity index (χ2n) is 6.84. The summed E-state index contributed by atoms with van der Waals surface area (Å²) in [6.07, 6.45) is 1.81. The largest absolute Gasteiger partial charge is 0.329 e. The minimum absolute atomic E-state index is 0.0793. The fourth-order valence-corrected chi connectivity index (χ4v) is 3.74. The average Bonchev–Trinajstić information content (AvgIpc) is 2.86. The molecule has 0 bridgehead atoms. The molecule has 9 heteroatoms. The summed E-state index contributed by atoms with van der Waals surface area (Å²) >= 11 is 0. The quantitative estimate of drug-likeness (QED) is 0.764. The van der Waals surface area contributed by atoms with Gasteiger partial charge in [0.15, 0.2) is 0 Å². The first-order valence-corrected chi connectivity index (χ1v) is 8.64. The van der Waals surface area contributed by atoms with Gasteiger partial charge in [-0.25, -0.2) is 4.79 Å². The molecule has 1 aromatic heterocycles. The predicted octanol–water partition coefficient (Wildman–Crippen LogP) is 0.940. The lowest BCUT2D eigenvalue weighted by Crippen LogP contribution is -2.44. The van der Waals surface area contributed by atoms with Crippen molar-refractivity contribution < 1.29 is 18.4 Å². The molecule has 1 saturated heterocycles. The molecule has 1 fully saturated rings. The minimum atomic E-state index is -3.00. The molecule has 0 saturated carbocycles. The van der Waals surface area contributed by atoms with Gasteiger partial charge in [0.1, 0.15) is 6.04 Å². The Morgan fingerprint density at radius 1 is 1.19 bits per heavy atom. The van der Waals surface area contributed by atoms with E-state index in [4.69, 9.17) is 0 Å². The first-order valence-electron chi connectivity index (χ1n) is 8.64. The Hall–Kier alpha value is -2.81. The highest BCUT2D eigenvalue weighted by Crippen LogP contribution is 2.35. The number of imide groups is 1. The van der Waals surface area contributed by atoms with E-state index in [1.165, 1.54) is 28.3 Å². The van der Waals surface area contributed by atoms with Crippen LogP contribution in [0.3, 0.4) is 0 Å². The van der Waals surface area contributed by atoms with Gasteiger partial charge in [-0.1, -0.05) is 12.1 Å². The van der Waals surface area contributed by atoms with Crippen molar-refractivity contribution in [1.29, 1.82) is 0 Å². The van der Waals surface area contributed by atoms with E-state index in [1.54, 1.807) is 12.1 Å². The van der Waals surface area contributed by atoms with E-state index in [1.807, 2.05) is 0 Å². The molecule has 2 N–H and O–H groups in total. The van der Waals surface area contributed by atoms with Gasteiger partial charge in [0, 0.05) is 25.6 Å². The summed E-state index contributed by atoms with van der Waals surface area (Å²) < 4.78 is 31.1. The van der Waals surface area contributed by atoms with Gasteiger partial charge in [0.05, 0.1) is 17.6 Å². The molecule has 4 rings (SSSR count). The number of carbonyl (C=O) groups excluding carboxylic acids is 2. The fourth-order valence-electron chi connectivity index (χ4n) is 3.74. The fraction of sp³-hybridized carbons (Fsp3) is 0.389. The number of fused-ring (bicyclic) bond motifs is 1. The van der Waals surface area contributed by atoms with E-state index in [9.17, 15) is 23.2 Å². The lowest BCUT2D eigenvalue weighted by atomic mass is 9.96. The number of rotatable bonds is 2. The Kier molecular flexibility index (Phi) is 3.99. The Morgan fingerprint density at radius 3 is 2.67 bits per heavy atom. The highest BCUT2D eigenvalue weighted by atomic mass is 19.3. The van der Waals surface area contributed by atoms with Crippen LogP contribution in [0.25, 0.3) is 16.6 Å². The number of aromatic nitrogens is 2. The second kappa shape index (κ2) is 6.12. The van der Waals surface area contributed by atoms with Gasteiger partial charge >= 0.3 is 5.69 Å². The van der Waals surface area contributed by atoms with Crippen LogP contribution >= 0.6 is 0 Å². The molecule has 2 aliphatic heterocycles. The summed E-state index contributed by atoms with van der Waals surface area (Å²) in [5, 5.41) is 4.87. The molecule has 0 aliphatic carbocycles. The molecule has 1 atom stereocenters. The van der Waals surface area contributed by atoms with Gasteiger partial charge in [-0.2, -0.15) is 8.78 Å². The Morgan fingerprint density at radius 2 is 1.96 bits per heavy atom. The summed E-state index contributed by atoms with van der Waals surface area (Å²) in [7, 11) is 1.53. The predicted molar refractivity (Wildman–Crippen MR) is 94.4 cm³/mol. The number of nitrogens with zero attached hydrogens (tertiary/aromatic N) is 2. The minimum Gasteiger partial charge on any atom is -0.307 e. The molecule has 2 amide bonds. The average molecular weight is 376 g/mol. The maximum absolute atomic E-state index is 14.2. The van der Waals surface area contributed by atoms with E-state index in [-0.39, 0.29) is 24.3 Å². The number of imidazole rings is 1. The Balaban J connectivity index is 1.84. The molecule has 3 heterocycles. The molecule has 2 aromatic rings. The number of piperidine rings is 1. The maximum Gasteiger partial charge on any atom is 0.329 e. The van der Waals surface area contributed by atoms with Crippen molar-refractivity contribution in [2.45, 2.75) is 24.8 Å². The number of alkyl halides is 2. The Labute approximate surface area is 152 Å². The van der Waals surface area contributed by atoms with Crippen molar-refractivity contribution >= 4 is 28.4 Å². The van der Waals surface area contributed by atoms with Crippen LogP contribution in [0, 0.1) is 0 Å². The van der Waals surface area contributed by atoms with Crippen LogP contribution in [0.15, 0.2) is 29.1 Å². The van der Waals surface area contributed by atoms with Crippen LogP contribution in [0.4, 0.5) is 8.78 Å². The summed E-state index contributed by atoms with van der Waals surface area (Å²) in [4.78, 5) is 36.3. The molecular formula is C18H18F2N4O3. The second-order valence-corrected chi connectivity index (χ2v) is 6.84. The van der Waals surface area contributed by atoms with Crippen molar-refractivity contribution in [3.8, 4) is 0 Å². The van der Waals surface area contributed by atoms with Gasteiger partial charge in [-0.05, 0) is 24.1 Å². The molecule has 142 valence electrons. The van der Waals surface area contributed by atoms with Gasteiger partial charge in [0.2, 0.25) is 11.8 Å². The maximum atomic E-state index is 14.2. The van der Waals surface area contributed by atoms with E-state index in [2.05, 4.69) is 10.6 Å². The number of hydrogen-bond acceptors (Lipinski definition) is 4. The van der Waals surface area contributed by atoms with Gasteiger partial charge in [-0.3, -0.25) is 24.0 Å². The SMILES string of the molecule is Cn1c(=O)n(C2CCC(=O)NC2=O)c2ccc(C3=CCNCC3(F)F)cc21. The van der Waals surface area contributed by atoms with Crippen molar-refractivity contribution in [2.24, 2.45) is 7.05 Å². The Bertz CT molecular complexity index is 1050. The van der Waals surface area contributed by atoms with Crippen LogP contribution in [-0.4, -0.2) is 40.0 Å². The molecule has 0 spiro atoms. The first-order chi connectivity index (χ1) is 12.8. The van der Waals surface area contributed by atoms with E-state index in [0.717, 1.165) is 0 Å². The van der Waals surface area contributed by atoms with E-state index < -0.39 is 30.1 Å². The summed E-state index contributed by atoms with van der Waals surface area (Å²) in [6, 6.07) is 3.86. The summed E-state index contributed by atoms with van der Waals surface area (Å²) in [6.45, 7) is -0.0910. The number of hydrogen-bond donors (Lipinski definition) is 2. The highest BCUT2D eigenvalue weighted by molar-refractivity contribution is 6.00. The van der Waals surface area contributed by atoms with E-state index >= 15 is 0 Å². The molecule has 7 nitrogen and oxygen atoms in total. The third-order valence-corrected chi connectivity index (χ3v) is 5.11. The van der Waals surface area contributed by atoms with Crippen LogP contribution in [0.5, 0.6) is 0 Å². The number of amides is 2. The molecule has 1 unspecified atom stereocenters. The monoisotopic (exact) mass is 376 g/mol. The molecular weight excluding hydrogens is 358 g/mol. The van der Waals surface area contributed by atoms with Gasteiger partial charge < -0.3 is 5.32 Å². The molecule has 2 aliphatic rings. The number of halogens is 2. The van der Waals surface area contributed by atoms with Crippen LogP contribution < -0.4 is 16.3 Å². The molecule has 27 heavy (non-hydrogen) atoms. The van der Waals surface area contributed by atoms with Crippen molar-refractivity contribution in [2.75, 3.05) is 13.1 Å². The third kappa shape index (κ3) is 2.78. The standard InChI is InChI=1S/C18H18F2N4O3/c1-23-14-8-10(11-6-7-21-9-18(11,19)20)2-3-12(14)24(17(23)27)13-4-5-15(25)22-16(13)26/h2-3,6,8,13,21H,4-5,7,9H2,1H3,(H,22,25,26). The summed E-state index contributed by atoms with van der Waals surface area (Å²) in [5.74, 6) is -3.90. The lowest BCUT2D eigenvalue weighted by Gasteiger charge is -2.25. The number of carbonyl (C=O) groups is 2. The number of benzene rings is 1. The lowest BCUT2D eigenvalue weighted by molar-refractivity contribution is -0.135. The van der Waals surface area contributed by atoms with Crippen LogP contribution in [0.1, 0.15) is 24.4 Å². The van der Waals surface area contributed by atoms with Gasteiger partial charge in [-0.15, -0.1) is 0 Å². The molecule has 1 aromatic carbocycles. The zero-order valence-corrected chi connectivity index (χ0v) is 14.6. The molecule has 0 radical (unpaired) electrons. The normalized spacial score (nSPS) is 22.6. The third-order valence-electron chi connectivity index (χ3n) is 5.11. The first kappa shape index (κ1) is 17.6. The smallest absolute Gasteiger partial charge is 0.307 e. The number of aryl methyl sites for hydroxylation is 1. The van der Waals surface area contributed by atoms with Crippen molar-refractivity contribution in [3.63, 3.8) is 0 Å². The number of nitrogens with one attached hydrogen (secondary N) is 2. The van der Waals surface area contributed by atoms with Crippen molar-refractivity contribution in [3.05, 3.63) is 40.3 Å². The van der Waals surface area contributed by atoms with Crippen LogP contribution in [0.2, 0.25) is 0 Å². The van der Waals surface area contributed by atoms with Gasteiger partial charge in [0.25, 0.3) is 5.92 Å². The summed E-state index contributed by atoms with van der Waals surface area (Å²) in [5.41, 5.74) is 0.758.